The number of nitrogens with zero attached hydrogens (tertiary/aromatic N) is 3. The van der Waals surface area contributed by atoms with Gasteiger partial charge >= 0.3 is 0 Å². The number of hydrogen-bond donors (Lipinski definition) is 1. The number of sulfonamides is 1. The van der Waals surface area contributed by atoms with Gasteiger partial charge in [-0.1, -0.05) is 22.8 Å². The second kappa shape index (κ2) is 9.22. The first kappa shape index (κ1) is 23.4. The van der Waals surface area contributed by atoms with Crippen molar-refractivity contribution in [2.24, 2.45) is 0 Å². The molecule has 1 amide bonds. The zero-order valence-electron chi connectivity index (χ0n) is 18.0. The summed E-state index contributed by atoms with van der Waals surface area (Å²) < 4.78 is 46.7. The minimum atomic E-state index is -3.62. The Morgan fingerprint density at radius 2 is 1.79 bits per heavy atom. The number of halogens is 2. The first-order chi connectivity index (χ1) is 15.7. The average Bonchev–Trinajstić information content (AvgIpc) is 3.15. The van der Waals surface area contributed by atoms with Crippen molar-refractivity contribution in [1.82, 2.24) is 14.4 Å². The lowest BCUT2D eigenvalue weighted by Gasteiger charge is -2.31. The number of likely N-dealkylation sites (N-methyl/N-ethyl adjacent to an activating group) is 1. The minimum Gasteiger partial charge on any atom is -0.360 e. The Hall–Kier alpha value is -2.79. The van der Waals surface area contributed by atoms with Crippen LogP contribution in [-0.2, 0) is 10.0 Å². The van der Waals surface area contributed by atoms with Crippen LogP contribution in [0.5, 0.6) is 0 Å². The van der Waals surface area contributed by atoms with Crippen molar-refractivity contribution in [3.8, 4) is 11.3 Å². The third kappa shape index (κ3) is 4.65. The molecule has 0 unspecified atom stereocenters. The van der Waals surface area contributed by atoms with Gasteiger partial charge in [0.1, 0.15) is 22.8 Å². The van der Waals surface area contributed by atoms with E-state index in [9.17, 15) is 17.6 Å². The molecule has 8 nitrogen and oxygen atoms in total. The minimum absolute atomic E-state index is 0.0117. The lowest BCUT2D eigenvalue weighted by molar-refractivity contribution is 0.102. The summed E-state index contributed by atoms with van der Waals surface area (Å²) in [5.74, 6) is -1.03. The summed E-state index contributed by atoms with van der Waals surface area (Å²) >= 11 is 6.13. The molecule has 0 spiro atoms. The number of benzene rings is 2. The van der Waals surface area contributed by atoms with Crippen LogP contribution in [-0.4, -0.2) is 61.9 Å². The van der Waals surface area contributed by atoms with Crippen LogP contribution in [0.15, 0.2) is 51.9 Å². The number of rotatable bonds is 5. The van der Waals surface area contributed by atoms with E-state index in [2.05, 4.69) is 15.4 Å². The number of anilines is 1. The normalized spacial score (nSPS) is 15.5. The van der Waals surface area contributed by atoms with Crippen LogP contribution in [0.25, 0.3) is 11.3 Å². The second-order valence-corrected chi connectivity index (χ2v) is 10.1. The molecule has 1 fully saturated rings. The molecular formula is C22H22ClFN4O4S. The second-order valence-electron chi connectivity index (χ2n) is 7.74. The summed E-state index contributed by atoms with van der Waals surface area (Å²) in [7, 11) is -1.67. The van der Waals surface area contributed by atoms with Crippen LogP contribution in [0.4, 0.5) is 10.1 Å². The quantitative estimate of drug-likeness (QED) is 0.584. The van der Waals surface area contributed by atoms with Gasteiger partial charge in [-0.15, -0.1) is 0 Å². The van der Waals surface area contributed by atoms with E-state index in [1.54, 1.807) is 0 Å². The molecule has 1 saturated heterocycles. The molecule has 11 heteroatoms. The summed E-state index contributed by atoms with van der Waals surface area (Å²) in [5, 5.41) is 6.60. The maximum atomic E-state index is 14.4. The number of amides is 1. The van der Waals surface area contributed by atoms with E-state index in [1.807, 2.05) is 7.05 Å². The number of carbonyl (C=O) groups is 1. The van der Waals surface area contributed by atoms with E-state index < -0.39 is 21.7 Å². The summed E-state index contributed by atoms with van der Waals surface area (Å²) in [4.78, 5) is 15.2. The first-order valence-corrected chi connectivity index (χ1v) is 12.0. The molecule has 3 aromatic rings. The van der Waals surface area contributed by atoms with Gasteiger partial charge in [-0.3, -0.25) is 4.79 Å². The fourth-order valence-corrected chi connectivity index (χ4v) is 5.29. The van der Waals surface area contributed by atoms with E-state index in [0.717, 1.165) is 0 Å². The van der Waals surface area contributed by atoms with Gasteiger partial charge in [0.2, 0.25) is 10.0 Å². The van der Waals surface area contributed by atoms with Gasteiger partial charge in [-0.05, 0) is 50.4 Å². The Bertz CT molecular complexity index is 1270. The van der Waals surface area contributed by atoms with E-state index in [0.29, 0.717) is 31.9 Å². The maximum absolute atomic E-state index is 14.4. The zero-order chi connectivity index (χ0) is 23.8. The highest BCUT2D eigenvalue weighted by Gasteiger charge is 2.28. The lowest BCUT2D eigenvalue weighted by Crippen LogP contribution is -2.46. The topological polar surface area (TPSA) is 95.8 Å². The van der Waals surface area contributed by atoms with Crippen LogP contribution in [0.3, 0.4) is 0 Å². The van der Waals surface area contributed by atoms with Crippen molar-refractivity contribution in [2.75, 3.05) is 38.5 Å². The number of hydrogen-bond acceptors (Lipinski definition) is 6. The summed E-state index contributed by atoms with van der Waals surface area (Å²) in [5.41, 5.74) is 0.358. The van der Waals surface area contributed by atoms with Crippen molar-refractivity contribution in [1.29, 1.82) is 0 Å². The molecular weight excluding hydrogens is 471 g/mol. The third-order valence-electron chi connectivity index (χ3n) is 5.50. The highest BCUT2D eigenvalue weighted by Crippen LogP contribution is 2.33. The average molecular weight is 493 g/mol. The molecule has 33 heavy (non-hydrogen) atoms. The van der Waals surface area contributed by atoms with Gasteiger partial charge in [0.05, 0.1) is 15.5 Å². The van der Waals surface area contributed by atoms with Crippen LogP contribution in [0.2, 0.25) is 5.02 Å². The maximum Gasteiger partial charge on any atom is 0.261 e. The van der Waals surface area contributed by atoms with Gasteiger partial charge in [-0.25, -0.2) is 12.8 Å². The van der Waals surface area contributed by atoms with Gasteiger partial charge < -0.3 is 14.7 Å². The zero-order valence-corrected chi connectivity index (χ0v) is 19.6. The van der Waals surface area contributed by atoms with Crippen molar-refractivity contribution >= 4 is 33.2 Å². The van der Waals surface area contributed by atoms with Gasteiger partial charge in [0, 0.05) is 31.9 Å². The predicted octanol–water partition coefficient (Wildman–Crippen LogP) is 3.63. The molecule has 0 saturated carbocycles. The molecule has 0 bridgehead atoms. The van der Waals surface area contributed by atoms with E-state index >= 15 is 0 Å². The fraction of sp³-hybridized carbons (Fsp3) is 0.273. The summed E-state index contributed by atoms with van der Waals surface area (Å²) in [6.07, 6.45) is 0. The Kier molecular flexibility index (Phi) is 6.53. The SMILES string of the molecule is Cc1onc(-c2c(F)cccc2Cl)c1C(=O)Nc1ccc(S(=O)(=O)N2CCN(C)CC2)cc1. The highest BCUT2D eigenvalue weighted by molar-refractivity contribution is 7.89. The molecule has 1 aliphatic rings. The molecule has 2 heterocycles. The van der Waals surface area contributed by atoms with Crippen LogP contribution in [0.1, 0.15) is 16.1 Å². The molecule has 1 N–H and O–H groups in total. The van der Waals surface area contributed by atoms with Crippen molar-refractivity contribution in [3.05, 3.63) is 64.6 Å². The summed E-state index contributed by atoms with van der Waals surface area (Å²) in [6, 6.07) is 10.0. The van der Waals surface area contributed by atoms with Crippen molar-refractivity contribution < 1.29 is 22.1 Å². The van der Waals surface area contributed by atoms with Crippen molar-refractivity contribution in [2.45, 2.75) is 11.8 Å². The standard InChI is InChI=1S/C22H22ClFN4O4S/c1-14-19(21(26-32-14)20-17(23)4-3-5-18(20)24)22(29)25-15-6-8-16(9-7-15)33(30,31)28-12-10-27(2)11-13-28/h3-9H,10-13H2,1-2H3,(H,25,29). The smallest absolute Gasteiger partial charge is 0.261 e. The first-order valence-electron chi connectivity index (χ1n) is 10.2. The Labute approximate surface area is 196 Å². The number of nitrogens with one attached hydrogen (secondary N) is 1. The van der Waals surface area contributed by atoms with Crippen molar-refractivity contribution in [3.63, 3.8) is 0 Å². The van der Waals surface area contributed by atoms with E-state index in [4.69, 9.17) is 16.1 Å². The Morgan fingerprint density at radius 1 is 1.12 bits per heavy atom. The largest absolute Gasteiger partial charge is 0.360 e. The molecule has 1 aliphatic heterocycles. The number of aryl methyl sites for hydroxylation is 1. The molecule has 4 rings (SSSR count). The monoisotopic (exact) mass is 492 g/mol. The molecule has 2 aromatic carbocycles. The fourth-order valence-electron chi connectivity index (χ4n) is 3.62. The number of carbonyl (C=O) groups excluding carboxylic acids is 1. The highest BCUT2D eigenvalue weighted by atomic mass is 35.5. The Balaban J connectivity index is 1.56. The van der Waals surface area contributed by atoms with Gasteiger partial charge in [-0.2, -0.15) is 4.31 Å². The van der Waals surface area contributed by atoms with Crippen LogP contribution >= 0.6 is 11.6 Å². The molecule has 0 atom stereocenters. The van der Waals surface area contributed by atoms with E-state index in [-0.39, 0.29) is 32.5 Å². The molecule has 0 radical (unpaired) electrons. The molecule has 1 aromatic heterocycles. The predicted molar refractivity (Wildman–Crippen MR) is 122 cm³/mol. The molecule has 0 aliphatic carbocycles. The summed E-state index contributed by atoms with van der Waals surface area (Å²) in [6.45, 7) is 3.71. The van der Waals surface area contributed by atoms with E-state index in [1.165, 1.54) is 53.7 Å². The van der Waals surface area contributed by atoms with Gasteiger partial charge in [0.25, 0.3) is 5.91 Å². The number of piperazine rings is 1. The van der Waals surface area contributed by atoms with Crippen LogP contribution in [0, 0.1) is 12.7 Å². The lowest BCUT2D eigenvalue weighted by atomic mass is 10.0. The molecule has 174 valence electrons. The van der Waals surface area contributed by atoms with Crippen LogP contribution < -0.4 is 5.32 Å². The Morgan fingerprint density at radius 3 is 2.42 bits per heavy atom. The van der Waals surface area contributed by atoms with Gasteiger partial charge in [0.15, 0.2) is 0 Å². The number of aromatic nitrogens is 1. The third-order valence-corrected chi connectivity index (χ3v) is 7.73.